The van der Waals surface area contributed by atoms with Gasteiger partial charge in [0, 0.05) is 12.8 Å². The van der Waals surface area contributed by atoms with E-state index in [1.54, 1.807) is 0 Å². The largest absolute Gasteiger partial charge is 0.472 e. The Morgan fingerprint density at radius 1 is 0.579 bits per heavy atom. The molecule has 14 heteroatoms. The van der Waals surface area contributed by atoms with E-state index in [-0.39, 0.29) is 12.8 Å². The van der Waals surface area contributed by atoms with Crippen LogP contribution in [0.1, 0.15) is 117 Å². The summed E-state index contributed by atoms with van der Waals surface area (Å²) in [6, 6.07) is 0. The van der Waals surface area contributed by atoms with E-state index in [1.165, 1.54) is 38.5 Å². The molecule has 1 aliphatic rings. The second kappa shape index (κ2) is 32.9. The van der Waals surface area contributed by atoms with Crippen molar-refractivity contribution < 1.29 is 63.1 Å². The number of unbranched alkanes of at least 4 members (excludes halogenated alkanes) is 9. The number of esters is 2. The third-order valence-electron chi connectivity index (χ3n) is 8.86. The number of ether oxygens (including phenoxy) is 2. The lowest BCUT2D eigenvalue weighted by molar-refractivity contribution is -0.220. The van der Waals surface area contributed by atoms with E-state index in [1.807, 2.05) is 66.8 Å². The van der Waals surface area contributed by atoms with Crippen molar-refractivity contribution in [2.45, 2.75) is 159 Å². The van der Waals surface area contributed by atoms with Gasteiger partial charge in [-0.3, -0.25) is 18.6 Å². The van der Waals surface area contributed by atoms with Gasteiger partial charge < -0.3 is 39.9 Å². The number of hydrogen-bond acceptors (Lipinski definition) is 12. The Hall–Kier alpha value is -2.97. The molecule has 0 aliphatic heterocycles. The van der Waals surface area contributed by atoms with Gasteiger partial charge in [-0.15, -0.1) is 0 Å². The van der Waals surface area contributed by atoms with Gasteiger partial charge in [0.05, 0.1) is 6.61 Å². The smallest absolute Gasteiger partial charge is 0.462 e. The second-order valence-electron chi connectivity index (χ2n) is 13.9. The molecule has 1 fully saturated rings. The number of carbonyl (C=O) groups is 2. The maximum absolute atomic E-state index is 12.8. The SMILES string of the molecule is CC/C=C/C=C/C=C/C=C/C=C/CCCCCC(=O)OCC(COP(=O)(O)OC1C(O)C(O)C(O)[C@H](O)C1O)OC(=O)CC/C=C/C/C=C/CCCCCCCC. The van der Waals surface area contributed by atoms with Gasteiger partial charge in [-0.1, -0.05) is 137 Å². The molecule has 0 spiro atoms. The highest BCUT2D eigenvalue weighted by Gasteiger charge is 2.51. The average molecular weight is 825 g/mol. The summed E-state index contributed by atoms with van der Waals surface area (Å²) in [5.74, 6) is -1.24. The van der Waals surface area contributed by atoms with E-state index in [0.717, 1.165) is 38.5 Å². The van der Waals surface area contributed by atoms with Crippen molar-refractivity contribution in [2.24, 2.45) is 0 Å². The highest BCUT2D eigenvalue weighted by molar-refractivity contribution is 7.47. The molecule has 324 valence electrons. The van der Waals surface area contributed by atoms with Gasteiger partial charge in [0.25, 0.3) is 0 Å². The number of phosphoric ester groups is 1. The maximum Gasteiger partial charge on any atom is 0.472 e. The Bertz CT molecular complexity index is 1320. The zero-order chi connectivity index (χ0) is 42.2. The van der Waals surface area contributed by atoms with Crippen LogP contribution in [-0.4, -0.2) is 98.3 Å². The minimum absolute atomic E-state index is 0.0243. The number of hydrogen-bond donors (Lipinski definition) is 6. The summed E-state index contributed by atoms with van der Waals surface area (Å²) in [4.78, 5) is 35.5. The molecular formula is C43H69O13P. The molecule has 1 rings (SSSR count). The fraction of sp³-hybridized carbons (Fsp3) is 0.628. The van der Waals surface area contributed by atoms with Crippen molar-refractivity contribution in [2.75, 3.05) is 13.2 Å². The first kappa shape index (κ1) is 52.0. The topological polar surface area (TPSA) is 210 Å². The van der Waals surface area contributed by atoms with Gasteiger partial charge >= 0.3 is 19.8 Å². The van der Waals surface area contributed by atoms with E-state index >= 15 is 0 Å². The van der Waals surface area contributed by atoms with Crippen LogP contribution in [0.5, 0.6) is 0 Å². The molecule has 0 aromatic heterocycles. The molecule has 1 saturated carbocycles. The Balaban J connectivity index is 2.60. The van der Waals surface area contributed by atoms with Crippen molar-refractivity contribution >= 4 is 19.8 Å². The monoisotopic (exact) mass is 824 g/mol. The Morgan fingerprint density at radius 2 is 1.11 bits per heavy atom. The molecule has 0 aromatic rings. The number of aliphatic hydroxyl groups excluding tert-OH is 5. The molecule has 7 unspecified atom stereocenters. The van der Waals surface area contributed by atoms with E-state index in [0.29, 0.717) is 12.8 Å². The summed E-state index contributed by atoms with van der Waals surface area (Å²) in [5.41, 5.74) is 0. The standard InChI is InChI=1S/C43H69O13P/c1-3-5-7-9-11-13-15-17-18-20-21-23-25-27-29-31-36(44)53-33-35(34-54-57(51,52)56-43-41(49)39(47)38(46)40(48)42(43)50)55-37(45)32-30-28-26-24-22-19-16-14-12-10-8-6-4-2/h5,7,9,11,13,15,17-22,26,28,35,38-43,46-50H,3-4,6,8,10,12,14,16,23-25,27,29-34H2,1-2H3,(H,51,52)/b7-5+,11-9+,15-13+,18-17+,21-20+,22-19+,28-26+/t35?,38?,39-,40?,41?,42?,43?/m0/s1. The van der Waals surface area contributed by atoms with Crippen LogP contribution in [0.3, 0.4) is 0 Å². The van der Waals surface area contributed by atoms with Crippen molar-refractivity contribution in [1.29, 1.82) is 0 Å². The minimum atomic E-state index is -5.14. The zero-order valence-corrected chi connectivity index (χ0v) is 34.7. The van der Waals surface area contributed by atoms with Crippen LogP contribution in [0.2, 0.25) is 0 Å². The molecule has 13 nitrogen and oxygen atoms in total. The molecule has 0 radical (unpaired) electrons. The van der Waals surface area contributed by atoms with Crippen molar-refractivity contribution in [3.05, 3.63) is 85.1 Å². The highest BCUT2D eigenvalue weighted by atomic mass is 31.2. The van der Waals surface area contributed by atoms with Gasteiger partial charge in [-0.2, -0.15) is 0 Å². The van der Waals surface area contributed by atoms with Crippen LogP contribution >= 0.6 is 7.82 Å². The van der Waals surface area contributed by atoms with Crippen molar-refractivity contribution in [3.63, 3.8) is 0 Å². The molecule has 57 heavy (non-hydrogen) atoms. The van der Waals surface area contributed by atoms with Crippen LogP contribution in [0.15, 0.2) is 85.1 Å². The second-order valence-corrected chi connectivity index (χ2v) is 15.3. The van der Waals surface area contributed by atoms with E-state index in [4.69, 9.17) is 18.5 Å². The van der Waals surface area contributed by atoms with Crippen LogP contribution in [0.4, 0.5) is 0 Å². The zero-order valence-electron chi connectivity index (χ0n) is 33.8. The lowest BCUT2D eigenvalue weighted by atomic mass is 9.85. The van der Waals surface area contributed by atoms with Gasteiger partial charge in [0.1, 0.15) is 43.2 Å². The lowest BCUT2D eigenvalue weighted by Gasteiger charge is -2.41. The minimum Gasteiger partial charge on any atom is -0.462 e. The number of allylic oxidation sites excluding steroid dienone is 14. The third-order valence-corrected chi connectivity index (χ3v) is 9.85. The lowest BCUT2D eigenvalue weighted by Crippen LogP contribution is -2.64. The van der Waals surface area contributed by atoms with E-state index in [9.17, 15) is 44.6 Å². The number of phosphoric acid groups is 1. The summed E-state index contributed by atoms with van der Waals surface area (Å²) in [6.07, 6.45) is 28.1. The molecule has 0 bridgehead atoms. The summed E-state index contributed by atoms with van der Waals surface area (Å²) in [5, 5.41) is 50.0. The van der Waals surface area contributed by atoms with E-state index < -0.39 is 75.7 Å². The summed E-state index contributed by atoms with van der Waals surface area (Å²) >= 11 is 0. The average Bonchev–Trinajstić information content (AvgIpc) is 3.19. The summed E-state index contributed by atoms with van der Waals surface area (Å²) in [6.45, 7) is 3.02. The van der Waals surface area contributed by atoms with Crippen LogP contribution in [0, 0.1) is 0 Å². The van der Waals surface area contributed by atoms with Crippen LogP contribution in [-0.2, 0) is 32.7 Å². The quantitative estimate of drug-likeness (QED) is 0.0138. The third kappa shape index (κ3) is 25.9. The molecular weight excluding hydrogens is 755 g/mol. The van der Waals surface area contributed by atoms with E-state index in [2.05, 4.69) is 32.1 Å². The predicted molar refractivity (Wildman–Crippen MR) is 221 cm³/mol. The first-order chi connectivity index (χ1) is 27.4. The van der Waals surface area contributed by atoms with Gasteiger partial charge in [0.15, 0.2) is 6.10 Å². The molecule has 0 heterocycles. The van der Waals surface area contributed by atoms with Crippen molar-refractivity contribution in [3.8, 4) is 0 Å². The maximum atomic E-state index is 12.8. The Labute approximate surface area is 339 Å². The Kier molecular flexibility index (Phi) is 30.1. The van der Waals surface area contributed by atoms with Crippen LogP contribution in [0.25, 0.3) is 0 Å². The van der Waals surface area contributed by atoms with Crippen molar-refractivity contribution in [1.82, 2.24) is 0 Å². The molecule has 0 aromatic carbocycles. The number of aliphatic hydroxyl groups is 5. The molecule has 8 atom stereocenters. The molecule has 1 aliphatic carbocycles. The van der Waals surface area contributed by atoms with Gasteiger partial charge in [-0.25, -0.2) is 4.57 Å². The molecule has 6 N–H and O–H groups in total. The summed E-state index contributed by atoms with van der Waals surface area (Å²) in [7, 11) is -5.14. The summed E-state index contributed by atoms with van der Waals surface area (Å²) < 4.78 is 33.3. The number of carbonyl (C=O) groups excluding carboxylic acids is 2. The fourth-order valence-electron chi connectivity index (χ4n) is 5.54. The first-order valence-electron chi connectivity index (χ1n) is 20.5. The van der Waals surface area contributed by atoms with Gasteiger partial charge in [0.2, 0.25) is 0 Å². The fourth-order valence-corrected chi connectivity index (χ4v) is 6.51. The number of rotatable bonds is 31. The first-order valence-corrected chi connectivity index (χ1v) is 22.0. The predicted octanol–water partition coefficient (Wildman–Crippen LogP) is 6.94. The molecule has 0 amide bonds. The molecule has 0 saturated heterocycles. The Morgan fingerprint density at radius 3 is 1.74 bits per heavy atom. The normalized spacial score (nSPS) is 23.6. The van der Waals surface area contributed by atoms with Gasteiger partial charge in [-0.05, 0) is 51.4 Å². The highest BCUT2D eigenvalue weighted by Crippen LogP contribution is 2.47. The van der Waals surface area contributed by atoms with Crippen LogP contribution < -0.4 is 0 Å².